The smallest absolute Gasteiger partial charge is 0.264 e. The van der Waals surface area contributed by atoms with Gasteiger partial charge in [-0.2, -0.15) is 0 Å². The van der Waals surface area contributed by atoms with Crippen LogP contribution in [0.5, 0.6) is 0 Å². The zero-order valence-corrected chi connectivity index (χ0v) is 18.2. The van der Waals surface area contributed by atoms with Crippen molar-refractivity contribution < 1.29 is 17.6 Å². The van der Waals surface area contributed by atoms with Gasteiger partial charge in [-0.3, -0.25) is 9.10 Å². The molecular weight excluding hydrogens is 474 g/mol. The number of hydrogen-bond donors (Lipinski definition) is 1. The van der Waals surface area contributed by atoms with Gasteiger partial charge in [-0.25, -0.2) is 12.8 Å². The maximum atomic E-state index is 13.6. The van der Waals surface area contributed by atoms with Crippen molar-refractivity contribution in [2.24, 2.45) is 0 Å². The second-order valence-electron chi connectivity index (χ2n) is 6.10. The normalized spacial score (nSPS) is 11.2. The van der Waals surface area contributed by atoms with Crippen molar-refractivity contribution in [3.05, 3.63) is 87.6 Å². The van der Waals surface area contributed by atoms with Gasteiger partial charge in [0.2, 0.25) is 5.91 Å². The van der Waals surface area contributed by atoms with Gasteiger partial charge in [-0.1, -0.05) is 53.0 Å². The van der Waals surface area contributed by atoms with E-state index in [0.29, 0.717) is 5.02 Å². The highest BCUT2D eigenvalue weighted by molar-refractivity contribution is 7.92. The van der Waals surface area contributed by atoms with Crippen LogP contribution in [0.15, 0.2) is 71.6 Å². The Labute approximate surface area is 188 Å². The molecule has 0 radical (unpaired) electrons. The summed E-state index contributed by atoms with van der Waals surface area (Å²) in [4.78, 5) is 12.6. The Morgan fingerprint density at radius 3 is 2.30 bits per heavy atom. The molecule has 30 heavy (non-hydrogen) atoms. The third kappa shape index (κ3) is 5.05. The first-order valence-corrected chi connectivity index (χ1v) is 11.0. The lowest BCUT2D eigenvalue weighted by Gasteiger charge is -2.24. The number of sulfonamides is 1. The van der Waals surface area contributed by atoms with Crippen LogP contribution in [0.2, 0.25) is 15.1 Å². The molecule has 10 heteroatoms. The van der Waals surface area contributed by atoms with Gasteiger partial charge >= 0.3 is 0 Å². The minimum atomic E-state index is -4.16. The van der Waals surface area contributed by atoms with Gasteiger partial charge in [0.15, 0.2) is 0 Å². The molecule has 0 aliphatic carbocycles. The summed E-state index contributed by atoms with van der Waals surface area (Å²) in [5.41, 5.74) is 0.251. The van der Waals surface area contributed by atoms with E-state index in [1.807, 2.05) is 0 Å². The lowest BCUT2D eigenvalue weighted by atomic mass is 10.3. The molecule has 3 rings (SSSR count). The van der Waals surface area contributed by atoms with E-state index in [9.17, 15) is 17.6 Å². The molecule has 0 saturated heterocycles. The standard InChI is InChI=1S/C20H14Cl3FN2O3S/c21-13-6-8-16(22)19(10-13)25-20(27)12-26(14-7-9-18(24)17(23)11-14)30(28,29)15-4-2-1-3-5-15/h1-11H,12H2,(H,25,27). The number of hydrogen-bond acceptors (Lipinski definition) is 3. The number of nitrogens with zero attached hydrogens (tertiary/aromatic N) is 1. The fourth-order valence-electron chi connectivity index (χ4n) is 2.59. The van der Waals surface area contributed by atoms with Gasteiger partial charge in [0, 0.05) is 5.02 Å². The molecule has 0 unspecified atom stereocenters. The van der Waals surface area contributed by atoms with Gasteiger partial charge in [0.1, 0.15) is 12.4 Å². The third-order valence-corrected chi connectivity index (χ3v) is 6.65. The molecule has 1 N–H and O–H groups in total. The minimum absolute atomic E-state index is 0.0256. The van der Waals surface area contributed by atoms with Crippen LogP contribution in [0, 0.1) is 5.82 Å². The summed E-state index contributed by atoms with van der Waals surface area (Å²) in [7, 11) is -4.16. The maximum absolute atomic E-state index is 13.6. The highest BCUT2D eigenvalue weighted by atomic mass is 35.5. The zero-order chi connectivity index (χ0) is 21.9. The van der Waals surface area contributed by atoms with Crippen LogP contribution in [0.1, 0.15) is 0 Å². The van der Waals surface area contributed by atoms with Gasteiger partial charge < -0.3 is 5.32 Å². The van der Waals surface area contributed by atoms with Crippen molar-refractivity contribution >= 4 is 62.1 Å². The summed E-state index contributed by atoms with van der Waals surface area (Å²) in [5, 5.41) is 2.83. The van der Waals surface area contributed by atoms with Crippen LogP contribution in [0.25, 0.3) is 0 Å². The molecule has 0 aliphatic heterocycles. The third-order valence-electron chi connectivity index (χ3n) is 4.01. The Morgan fingerprint density at radius 2 is 1.63 bits per heavy atom. The summed E-state index contributed by atoms with van der Waals surface area (Å²) < 4.78 is 40.8. The van der Waals surface area contributed by atoms with Gasteiger partial charge in [-0.05, 0) is 48.5 Å². The molecule has 0 aromatic heterocycles. The Hall–Kier alpha value is -2.32. The molecule has 0 atom stereocenters. The largest absolute Gasteiger partial charge is 0.323 e. The molecule has 0 saturated carbocycles. The predicted octanol–water partition coefficient (Wildman–Crippen LogP) is 5.62. The average Bonchev–Trinajstić information content (AvgIpc) is 2.71. The first-order chi connectivity index (χ1) is 14.2. The highest BCUT2D eigenvalue weighted by Gasteiger charge is 2.28. The van der Waals surface area contributed by atoms with Crippen LogP contribution in [0.4, 0.5) is 15.8 Å². The first-order valence-electron chi connectivity index (χ1n) is 8.46. The number of anilines is 2. The number of benzene rings is 3. The van der Waals surface area contributed by atoms with Gasteiger partial charge in [-0.15, -0.1) is 0 Å². The van der Waals surface area contributed by atoms with E-state index in [2.05, 4.69) is 5.32 Å². The minimum Gasteiger partial charge on any atom is -0.323 e. The van der Waals surface area contributed by atoms with Crippen molar-refractivity contribution in [1.29, 1.82) is 0 Å². The van der Waals surface area contributed by atoms with Crippen molar-refractivity contribution in [2.75, 3.05) is 16.2 Å². The van der Waals surface area contributed by atoms with Crippen LogP contribution >= 0.6 is 34.8 Å². The lowest BCUT2D eigenvalue weighted by Crippen LogP contribution is -2.38. The Balaban J connectivity index is 1.98. The van der Waals surface area contributed by atoms with Gasteiger partial charge in [0.05, 0.1) is 26.3 Å². The second-order valence-corrected chi connectivity index (χ2v) is 9.21. The number of nitrogens with one attached hydrogen (secondary N) is 1. The molecule has 156 valence electrons. The SMILES string of the molecule is O=C(CN(c1ccc(F)c(Cl)c1)S(=O)(=O)c1ccccc1)Nc1cc(Cl)ccc1Cl. The van der Waals surface area contributed by atoms with E-state index in [1.54, 1.807) is 24.3 Å². The summed E-state index contributed by atoms with van der Waals surface area (Å²) in [6.45, 7) is -0.609. The highest BCUT2D eigenvalue weighted by Crippen LogP contribution is 2.29. The monoisotopic (exact) mass is 486 g/mol. The number of halogens is 4. The average molecular weight is 488 g/mol. The Bertz CT molecular complexity index is 1190. The molecule has 0 fully saturated rings. The topological polar surface area (TPSA) is 66.5 Å². The van der Waals surface area contributed by atoms with Gasteiger partial charge in [0.25, 0.3) is 10.0 Å². The van der Waals surface area contributed by atoms with Crippen LogP contribution in [-0.4, -0.2) is 20.9 Å². The quantitative estimate of drug-likeness (QED) is 0.491. The van der Waals surface area contributed by atoms with E-state index in [-0.39, 0.29) is 26.3 Å². The molecular formula is C20H14Cl3FN2O3S. The number of amides is 1. The first kappa shape index (κ1) is 22.4. The molecule has 0 heterocycles. The van der Waals surface area contributed by atoms with E-state index in [4.69, 9.17) is 34.8 Å². The summed E-state index contributed by atoms with van der Waals surface area (Å²) in [5.74, 6) is -1.40. The second kappa shape index (κ2) is 9.22. The van der Waals surface area contributed by atoms with Crippen molar-refractivity contribution in [2.45, 2.75) is 4.90 Å². The Kier molecular flexibility index (Phi) is 6.88. The Morgan fingerprint density at radius 1 is 0.933 bits per heavy atom. The zero-order valence-electron chi connectivity index (χ0n) is 15.2. The predicted molar refractivity (Wildman–Crippen MR) is 117 cm³/mol. The molecule has 3 aromatic rings. The summed E-state index contributed by atoms with van der Waals surface area (Å²) in [6.07, 6.45) is 0. The summed E-state index contributed by atoms with van der Waals surface area (Å²) in [6, 6.07) is 15.4. The molecule has 0 aliphatic rings. The van der Waals surface area contributed by atoms with Crippen molar-refractivity contribution in [3.8, 4) is 0 Å². The number of carbonyl (C=O) groups excluding carboxylic acids is 1. The summed E-state index contributed by atoms with van der Waals surface area (Å²) >= 11 is 17.8. The van der Waals surface area contributed by atoms with E-state index >= 15 is 0 Å². The van der Waals surface area contributed by atoms with E-state index < -0.39 is 28.3 Å². The van der Waals surface area contributed by atoms with Crippen LogP contribution < -0.4 is 9.62 Å². The molecule has 0 bridgehead atoms. The van der Waals surface area contributed by atoms with Crippen LogP contribution in [-0.2, 0) is 14.8 Å². The molecule has 0 spiro atoms. The fourth-order valence-corrected chi connectivity index (χ4v) is 4.53. The van der Waals surface area contributed by atoms with Crippen LogP contribution in [0.3, 0.4) is 0 Å². The number of carbonyl (C=O) groups is 1. The fraction of sp³-hybridized carbons (Fsp3) is 0.0500. The lowest BCUT2D eigenvalue weighted by molar-refractivity contribution is -0.114. The maximum Gasteiger partial charge on any atom is 0.264 e. The molecule has 3 aromatic carbocycles. The van der Waals surface area contributed by atoms with Crippen molar-refractivity contribution in [3.63, 3.8) is 0 Å². The number of rotatable bonds is 6. The molecule has 1 amide bonds. The molecule has 5 nitrogen and oxygen atoms in total. The van der Waals surface area contributed by atoms with E-state index in [1.165, 1.54) is 30.3 Å². The van der Waals surface area contributed by atoms with E-state index in [0.717, 1.165) is 16.4 Å². The van der Waals surface area contributed by atoms with Crippen molar-refractivity contribution in [1.82, 2.24) is 0 Å².